The molecule has 8 aromatic rings. The van der Waals surface area contributed by atoms with Gasteiger partial charge >= 0.3 is 0 Å². The molecule has 0 heterocycles. The molecule has 0 amide bonds. The third-order valence-corrected chi connectivity index (χ3v) is 9.48. The summed E-state index contributed by atoms with van der Waals surface area (Å²) in [5, 5.41) is 0. The molecule has 0 aromatic heterocycles. The second-order valence-corrected chi connectivity index (χ2v) is 13.2. The summed E-state index contributed by atoms with van der Waals surface area (Å²) >= 11 is 0. The van der Waals surface area contributed by atoms with Gasteiger partial charge in [-0.15, -0.1) is 5.73 Å². The largest absolute Gasteiger partial charge is 0.311 e. The molecule has 0 atom stereocenters. The molecular formula is C53H40N2. The van der Waals surface area contributed by atoms with Crippen LogP contribution in [0, 0.1) is 0 Å². The standard InChI is InChI=1S/C53H40N2/c1-5-14-42(15-6-1)18-13-19-44-26-34-50(35-27-44)54(48-20-9-3-10-21-48)52-38-30-46(31-39-52)47-32-40-53(41-33-47)55(49-22-11-4-12-23-49)51-36-28-45(29-37-51)25-24-43-16-7-2-8-17-43/h1-12,14-41H. The summed E-state index contributed by atoms with van der Waals surface area (Å²) in [6, 6.07) is 76.7. The number of hydrogen-bond donors (Lipinski definition) is 0. The zero-order valence-electron chi connectivity index (χ0n) is 30.5. The van der Waals surface area contributed by atoms with Crippen LogP contribution in [0.3, 0.4) is 0 Å². The molecule has 0 N–H and O–H groups in total. The number of nitrogens with zero attached hydrogens (tertiary/aromatic N) is 2. The van der Waals surface area contributed by atoms with E-state index < -0.39 is 0 Å². The molecule has 262 valence electrons. The Morgan fingerprint density at radius 3 is 0.927 bits per heavy atom. The fraction of sp³-hybridized carbons (Fsp3) is 0. The first-order chi connectivity index (χ1) is 27.3. The lowest BCUT2D eigenvalue weighted by Crippen LogP contribution is -2.10. The first kappa shape index (κ1) is 34.7. The van der Waals surface area contributed by atoms with E-state index in [0.717, 1.165) is 61.9 Å². The van der Waals surface area contributed by atoms with Crippen LogP contribution in [0.4, 0.5) is 34.1 Å². The second kappa shape index (κ2) is 17.0. The zero-order valence-corrected chi connectivity index (χ0v) is 30.5. The zero-order chi connectivity index (χ0) is 37.1. The predicted octanol–water partition coefficient (Wildman–Crippen LogP) is 14.8. The van der Waals surface area contributed by atoms with Gasteiger partial charge in [-0.3, -0.25) is 0 Å². The fourth-order valence-corrected chi connectivity index (χ4v) is 6.65. The molecule has 0 bridgehead atoms. The molecule has 55 heavy (non-hydrogen) atoms. The minimum atomic E-state index is 1.09. The van der Waals surface area contributed by atoms with Crippen LogP contribution < -0.4 is 9.80 Å². The summed E-state index contributed by atoms with van der Waals surface area (Å²) in [5.74, 6) is 0. The van der Waals surface area contributed by atoms with Crippen molar-refractivity contribution < 1.29 is 0 Å². The highest BCUT2D eigenvalue weighted by Crippen LogP contribution is 2.38. The molecule has 0 radical (unpaired) electrons. The van der Waals surface area contributed by atoms with Gasteiger partial charge in [-0.1, -0.05) is 158 Å². The van der Waals surface area contributed by atoms with Gasteiger partial charge in [0.1, 0.15) is 0 Å². The van der Waals surface area contributed by atoms with Crippen LogP contribution in [0.1, 0.15) is 22.3 Å². The van der Waals surface area contributed by atoms with Crippen LogP contribution in [0.25, 0.3) is 35.4 Å². The SMILES string of the molecule is C(=Cc1ccccc1)=Cc1ccc(N(c2ccccc2)c2ccc(-c3ccc(N(c4ccccc4)c4ccc(C=Cc5ccccc5)cc4)cc3)cc2)cc1. The Morgan fingerprint density at radius 2 is 0.527 bits per heavy atom. The molecule has 2 heteroatoms. The normalized spacial score (nSPS) is 10.8. The van der Waals surface area contributed by atoms with Gasteiger partial charge in [-0.05, 0) is 118 Å². The van der Waals surface area contributed by atoms with Gasteiger partial charge in [0.25, 0.3) is 0 Å². The lowest BCUT2D eigenvalue weighted by Gasteiger charge is -2.26. The molecule has 0 saturated carbocycles. The quantitative estimate of drug-likeness (QED) is 0.0977. The Labute approximate surface area is 324 Å². The molecule has 0 aliphatic carbocycles. The maximum Gasteiger partial charge on any atom is 0.0462 e. The van der Waals surface area contributed by atoms with E-state index in [1.165, 1.54) is 5.56 Å². The predicted molar refractivity (Wildman–Crippen MR) is 235 cm³/mol. The van der Waals surface area contributed by atoms with E-state index in [4.69, 9.17) is 0 Å². The van der Waals surface area contributed by atoms with E-state index in [9.17, 15) is 0 Å². The first-order valence-corrected chi connectivity index (χ1v) is 18.6. The van der Waals surface area contributed by atoms with Crippen LogP contribution in [0.2, 0.25) is 0 Å². The molecule has 0 unspecified atom stereocenters. The summed E-state index contributed by atoms with van der Waals surface area (Å²) in [5.41, 5.74) is 16.8. The van der Waals surface area contributed by atoms with Gasteiger partial charge in [-0.25, -0.2) is 0 Å². The van der Waals surface area contributed by atoms with Crippen molar-refractivity contribution in [3.05, 3.63) is 246 Å². The van der Waals surface area contributed by atoms with E-state index >= 15 is 0 Å². The summed E-state index contributed by atoms with van der Waals surface area (Å²) < 4.78 is 0. The summed E-state index contributed by atoms with van der Waals surface area (Å²) in [7, 11) is 0. The van der Waals surface area contributed by atoms with Gasteiger partial charge in [0.05, 0.1) is 0 Å². The Hall–Kier alpha value is -7.38. The third kappa shape index (κ3) is 8.64. The van der Waals surface area contributed by atoms with Crippen molar-refractivity contribution in [3.63, 3.8) is 0 Å². The summed E-state index contributed by atoms with van der Waals surface area (Å²) in [6.07, 6.45) is 8.33. The van der Waals surface area contributed by atoms with Crippen molar-refractivity contribution in [1.82, 2.24) is 0 Å². The van der Waals surface area contributed by atoms with E-state index in [2.05, 4.69) is 222 Å². The Morgan fingerprint density at radius 1 is 0.255 bits per heavy atom. The maximum atomic E-state index is 3.32. The number of para-hydroxylation sites is 2. The van der Waals surface area contributed by atoms with Crippen molar-refractivity contribution in [3.8, 4) is 11.1 Å². The Bertz CT molecular complexity index is 2500. The minimum absolute atomic E-state index is 1.09. The Kier molecular flexibility index (Phi) is 10.7. The average Bonchev–Trinajstić information content (AvgIpc) is 3.26. The van der Waals surface area contributed by atoms with E-state index in [1.807, 2.05) is 36.4 Å². The number of rotatable bonds is 11. The third-order valence-electron chi connectivity index (χ3n) is 9.48. The second-order valence-electron chi connectivity index (χ2n) is 13.2. The van der Waals surface area contributed by atoms with Crippen LogP contribution in [0.5, 0.6) is 0 Å². The fourth-order valence-electron chi connectivity index (χ4n) is 6.65. The average molecular weight is 705 g/mol. The van der Waals surface area contributed by atoms with E-state index in [1.54, 1.807) is 0 Å². The van der Waals surface area contributed by atoms with Crippen LogP contribution in [-0.4, -0.2) is 0 Å². The maximum absolute atomic E-state index is 3.32. The van der Waals surface area contributed by atoms with E-state index in [-0.39, 0.29) is 0 Å². The number of benzene rings is 8. The van der Waals surface area contributed by atoms with Gasteiger partial charge in [-0.2, -0.15) is 0 Å². The van der Waals surface area contributed by atoms with Gasteiger partial charge in [0.15, 0.2) is 0 Å². The molecular weight excluding hydrogens is 665 g/mol. The van der Waals surface area contributed by atoms with E-state index in [0.29, 0.717) is 0 Å². The van der Waals surface area contributed by atoms with Gasteiger partial charge in [0, 0.05) is 34.1 Å². The highest BCUT2D eigenvalue weighted by atomic mass is 15.1. The minimum Gasteiger partial charge on any atom is -0.311 e. The molecule has 0 aliphatic rings. The highest BCUT2D eigenvalue weighted by Gasteiger charge is 2.14. The van der Waals surface area contributed by atoms with Gasteiger partial charge < -0.3 is 9.80 Å². The highest BCUT2D eigenvalue weighted by molar-refractivity contribution is 5.81. The lowest BCUT2D eigenvalue weighted by atomic mass is 10.0. The van der Waals surface area contributed by atoms with Crippen molar-refractivity contribution in [1.29, 1.82) is 0 Å². The molecule has 0 fully saturated rings. The molecule has 8 aromatic carbocycles. The van der Waals surface area contributed by atoms with Crippen molar-refractivity contribution in [2.75, 3.05) is 9.80 Å². The van der Waals surface area contributed by atoms with Crippen LogP contribution >= 0.6 is 0 Å². The van der Waals surface area contributed by atoms with Gasteiger partial charge in [0.2, 0.25) is 0 Å². The van der Waals surface area contributed by atoms with Crippen LogP contribution in [0.15, 0.2) is 224 Å². The summed E-state index contributed by atoms with van der Waals surface area (Å²) in [4.78, 5) is 4.59. The van der Waals surface area contributed by atoms with Crippen molar-refractivity contribution in [2.24, 2.45) is 0 Å². The van der Waals surface area contributed by atoms with Crippen LogP contribution in [-0.2, 0) is 0 Å². The smallest absolute Gasteiger partial charge is 0.0462 e. The molecule has 8 rings (SSSR count). The van der Waals surface area contributed by atoms with Crippen molar-refractivity contribution in [2.45, 2.75) is 0 Å². The number of anilines is 6. The molecule has 0 spiro atoms. The summed E-state index contributed by atoms with van der Waals surface area (Å²) in [6.45, 7) is 0. The van der Waals surface area contributed by atoms with Crippen molar-refractivity contribution >= 4 is 58.4 Å². The first-order valence-electron chi connectivity index (χ1n) is 18.6. The number of hydrogen-bond acceptors (Lipinski definition) is 2. The molecule has 2 nitrogen and oxygen atoms in total. The topological polar surface area (TPSA) is 6.48 Å². The lowest BCUT2D eigenvalue weighted by molar-refractivity contribution is 1.28. The molecule has 0 aliphatic heterocycles. The monoisotopic (exact) mass is 704 g/mol. The Balaban J connectivity index is 1.03. The molecule has 0 saturated heterocycles.